The molecule has 0 fully saturated rings. The van der Waals surface area contributed by atoms with Crippen LogP contribution in [0, 0.1) is 6.92 Å². The van der Waals surface area contributed by atoms with Crippen LogP contribution in [0.2, 0.25) is 4.47 Å². The van der Waals surface area contributed by atoms with Crippen molar-refractivity contribution in [2.45, 2.75) is 23.9 Å². The molecule has 0 bridgehead atoms. The highest BCUT2D eigenvalue weighted by molar-refractivity contribution is 8.00. The lowest BCUT2D eigenvalue weighted by molar-refractivity contribution is -0.0327. The van der Waals surface area contributed by atoms with Crippen LogP contribution in [0.15, 0.2) is 29.3 Å². The summed E-state index contributed by atoms with van der Waals surface area (Å²) in [7, 11) is 0. The number of thiazole rings is 1. The largest absolute Gasteiger partial charge is 0.446 e. The maximum atomic E-state index is 12.5. The predicted molar refractivity (Wildman–Crippen MR) is 77.5 cm³/mol. The molecule has 0 amide bonds. The number of thioether (sulfide) groups is 1. The van der Waals surface area contributed by atoms with Crippen LogP contribution in [-0.2, 0) is 6.54 Å². The fourth-order valence-electron chi connectivity index (χ4n) is 1.54. The third kappa shape index (κ3) is 4.57. The zero-order valence-electron chi connectivity index (χ0n) is 10.3. The minimum absolute atomic E-state index is 0.124. The molecule has 108 valence electrons. The average molecular weight is 339 g/mol. The molecule has 0 aliphatic rings. The molecule has 2 rings (SSSR count). The van der Waals surface area contributed by atoms with Gasteiger partial charge in [0.1, 0.15) is 0 Å². The van der Waals surface area contributed by atoms with Crippen molar-refractivity contribution in [3.63, 3.8) is 0 Å². The van der Waals surface area contributed by atoms with Crippen molar-refractivity contribution in [2.24, 2.45) is 0 Å². The molecular formula is C12H10ClF3N2S2. The first-order chi connectivity index (χ1) is 9.33. The molecule has 0 saturated carbocycles. The second-order valence-corrected chi connectivity index (χ2v) is 6.78. The molecule has 0 saturated heterocycles. The summed E-state index contributed by atoms with van der Waals surface area (Å²) in [5.41, 5.74) is -2.96. The fraction of sp³-hybridized carbons (Fsp3) is 0.250. The zero-order valence-corrected chi connectivity index (χ0v) is 12.7. The van der Waals surface area contributed by atoms with Gasteiger partial charge in [-0.25, -0.2) is 4.98 Å². The van der Waals surface area contributed by atoms with E-state index in [1.807, 2.05) is 6.92 Å². The van der Waals surface area contributed by atoms with Crippen LogP contribution in [0.5, 0.6) is 0 Å². The van der Waals surface area contributed by atoms with E-state index in [0.717, 1.165) is 10.4 Å². The summed E-state index contributed by atoms with van der Waals surface area (Å²) in [5, 5.41) is 3.00. The highest BCUT2D eigenvalue weighted by atomic mass is 35.5. The van der Waals surface area contributed by atoms with E-state index in [9.17, 15) is 13.2 Å². The van der Waals surface area contributed by atoms with Gasteiger partial charge in [0.25, 0.3) is 0 Å². The van der Waals surface area contributed by atoms with Crippen molar-refractivity contribution < 1.29 is 13.2 Å². The summed E-state index contributed by atoms with van der Waals surface area (Å²) >= 11 is 6.88. The standard InChI is InChI=1S/C12H10ClF3N2S2/c1-7-2-3-10(20-12(14,15)16)9(4-7)17-5-8-6-18-11(13)19-8/h2-4,6,17H,5H2,1H3. The molecule has 0 radical (unpaired) electrons. The Morgan fingerprint density at radius 2 is 2.15 bits per heavy atom. The van der Waals surface area contributed by atoms with Gasteiger partial charge in [0.2, 0.25) is 0 Å². The van der Waals surface area contributed by atoms with E-state index in [1.54, 1.807) is 18.3 Å². The van der Waals surface area contributed by atoms with Crippen LogP contribution in [0.4, 0.5) is 18.9 Å². The van der Waals surface area contributed by atoms with E-state index in [4.69, 9.17) is 11.6 Å². The third-order valence-corrected chi connectivity index (χ3v) is 4.26. The molecule has 0 aliphatic heterocycles. The number of hydrogen-bond donors (Lipinski definition) is 1. The molecule has 1 aromatic heterocycles. The molecule has 1 heterocycles. The summed E-state index contributed by atoms with van der Waals surface area (Å²) in [6.45, 7) is 2.22. The lowest BCUT2D eigenvalue weighted by Gasteiger charge is -2.13. The minimum Gasteiger partial charge on any atom is -0.379 e. The van der Waals surface area contributed by atoms with Gasteiger partial charge < -0.3 is 5.32 Å². The average Bonchev–Trinajstić information content (AvgIpc) is 2.74. The Bertz CT molecular complexity index is 599. The predicted octanol–water partition coefficient (Wildman–Crippen LogP) is 5.33. The maximum absolute atomic E-state index is 12.5. The Morgan fingerprint density at radius 1 is 1.40 bits per heavy atom. The maximum Gasteiger partial charge on any atom is 0.446 e. The number of benzene rings is 1. The highest BCUT2D eigenvalue weighted by Gasteiger charge is 2.30. The lowest BCUT2D eigenvalue weighted by atomic mass is 10.2. The summed E-state index contributed by atoms with van der Waals surface area (Å²) in [5.74, 6) is 0. The van der Waals surface area contributed by atoms with Crippen LogP contribution >= 0.6 is 34.7 Å². The topological polar surface area (TPSA) is 24.9 Å². The number of halogens is 4. The normalized spacial score (nSPS) is 11.7. The Labute approximate surface area is 127 Å². The Balaban J connectivity index is 2.14. The van der Waals surface area contributed by atoms with E-state index in [0.29, 0.717) is 16.7 Å². The van der Waals surface area contributed by atoms with Crippen LogP contribution in [0.25, 0.3) is 0 Å². The summed E-state index contributed by atoms with van der Waals surface area (Å²) in [6.07, 6.45) is 1.60. The smallest absolute Gasteiger partial charge is 0.379 e. The SMILES string of the molecule is Cc1ccc(SC(F)(F)F)c(NCc2cnc(Cl)s2)c1. The molecule has 1 aromatic carbocycles. The van der Waals surface area contributed by atoms with Crippen molar-refractivity contribution in [1.29, 1.82) is 0 Å². The van der Waals surface area contributed by atoms with Gasteiger partial charge in [-0.3, -0.25) is 0 Å². The fourth-order valence-corrected chi connectivity index (χ4v) is 3.09. The molecule has 0 spiro atoms. The van der Waals surface area contributed by atoms with E-state index in [2.05, 4.69) is 10.3 Å². The van der Waals surface area contributed by atoms with Gasteiger partial charge >= 0.3 is 5.51 Å². The lowest BCUT2D eigenvalue weighted by Crippen LogP contribution is -2.04. The zero-order chi connectivity index (χ0) is 14.8. The Morgan fingerprint density at radius 3 is 2.75 bits per heavy atom. The third-order valence-electron chi connectivity index (χ3n) is 2.34. The number of nitrogens with one attached hydrogen (secondary N) is 1. The molecule has 2 nitrogen and oxygen atoms in total. The van der Waals surface area contributed by atoms with Gasteiger partial charge in [0, 0.05) is 21.7 Å². The van der Waals surface area contributed by atoms with Gasteiger partial charge in [-0.15, -0.1) is 11.3 Å². The van der Waals surface area contributed by atoms with Gasteiger partial charge in [-0.2, -0.15) is 13.2 Å². The molecule has 0 atom stereocenters. The number of nitrogens with zero attached hydrogens (tertiary/aromatic N) is 1. The van der Waals surface area contributed by atoms with Crippen molar-refractivity contribution in [3.05, 3.63) is 39.3 Å². The number of rotatable bonds is 4. The van der Waals surface area contributed by atoms with Crippen LogP contribution in [-0.4, -0.2) is 10.5 Å². The molecular weight excluding hydrogens is 329 g/mol. The summed E-state index contributed by atoms with van der Waals surface area (Å²) in [4.78, 5) is 4.90. The van der Waals surface area contributed by atoms with E-state index in [-0.39, 0.29) is 16.7 Å². The number of alkyl halides is 3. The number of aromatic nitrogens is 1. The number of aryl methyl sites for hydroxylation is 1. The second kappa shape index (κ2) is 6.24. The summed E-state index contributed by atoms with van der Waals surface area (Å²) in [6, 6.07) is 4.81. The van der Waals surface area contributed by atoms with Crippen molar-refractivity contribution in [3.8, 4) is 0 Å². The summed E-state index contributed by atoms with van der Waals surface area (Å²) < 4.78 is 37.9. The molecule has 1 N–H and O–H groups in total. The first-order valence-corrected chi connectivity index (χ1v) is 7.55. The van der Waals surface area contributed by atoms with E-state index >= 15 is 0 Å². The van der Waals surface area contributed by atoms with Crippen LogP contribution < -0.4 is 5.32 Å². The second-order valence-electron chi connectivity index (χ2n) is 3.98. The van der Waals surface area contributed by atoms with Gasteiger partial charge in [-0.05, 0) is 36.4 Å². The number of hydrogen-bond acceptors (Lipinski definition) is 4. The minimum atomic E-state index is -4.31. The number of anilines is 1. The Kier molecular flexibility index (Phi) is 4.82. The van der Waals surface area contributed by atoms with Gasteiger partial charge in [-0.1, -0.05) is 17.7 Å². The monoisotopic (exact) mass is 338 g/mol. The molecule has 20 heavy (non-hydrogen) atoms. The first-order valence-electron chi connectivity index (χ1n) is 5.54. The van der Waals surface area contributed by atoms with Crippen molar-refractivity contribution in [2.75, 3.05) is 5.32 Å². The van der Waals surface area contributed by atoms with E-state index < -0.39 is 5.51 Å². The van der Waals surface area contributed by atoms with Crippen LogP contribution in [0.1, 0.15) is 10.4 Å². The van der Waals surface area contributed by atoms with Gasteiger partial charge in [0.15, 0.2) is 4.47 Å². The van der Waals surface area contributed by atoms with Crippen molar-refractivity contribution >= 4 is 40.4 Å². The van der Waals surface area contributed by atoms with E-state index in [1.165, 1.54) is 17.4 Å². The molecule has 2 aromatic rings. The first kappa shape index (κ1) is 15.5. The molecule has 8 heteroatoms. The molecule has 0 aliphatic carbocycles. The highest BCUT2D eigenvalue weighted by Crippen LogP contribution is 2.40. The molecule has 0 unspecified atom stereocenters. The quantitative estimate of drug-likeness (QED) is 0.763. The Hall–Kier alpha value is -0.920. The van der Waals surface area contributed by atoms with Crippen molar-refractivity contribution in [1.82, 2.24) is 4.98 Å². The van der Waals surface area contributed by atoms with Crippen LogP contribution in [0.3, 0.4) is 0 Å². The van der Waals surface area contributed by atoms with Gasteiger partial charge in [0.05, 0.1) is 6.54 Å².